The zero-order valence-electron chi connectivity index (χ0n) is 16.2. The van der Waals surface area contributed by atoms with Crippen LogP contribution in [-0.2, 0) is 28.9 Å². The van der Waals surface area contributed by atoms with Gasteiger partial charge >= 0.3 is 0 Å². The second-order valence-electron chi connectivity index (χ2n) is 7.32. The predicted molar refractivity (Wildman–Crippen MR) is 113 cm³/mol. The third-order valence-electron chi connectivity index (χ3n) is 5.26. The summed E-state index contributed by atoms with van der Waals surface area (Å²) in [6.07, 6.45) is 0.790. The molecular weight excluding hydrogens is 368 g/mol. The molecule has 0 saturated heterocycles. The molecule has 1 unspecified atom stereocenters. The van der Waals surface area contributed by atoms with Crippen LogP contribution in [0.4, 0.5) is 0 Å². The van der Waals surface area contributed by atoms with Crippen molar-refractivity contribution in [2.24, 2.45) is 11.5 Å². The van der Waals surface area contributed by atoms with E-state index in [1.165, 1.54) is 0 Å². The van der Waals surface area contributed by atoms with Crippen LogP contribution >= 0.6 is 0 Å². The monoisotopic (exact) mass is 394 g/mol. The number of carbonyl (C=O) groups excluding carboxylic acids is 2. The number of aryl methyl sites for hydroxylation is 2. The van der Waals surface area contributed by atoms with Crippen molar-refractivity contribution in [2.45, 2.75) is 38.2 Å². The Labute approximate surface area is 169 Å². The van der Waals surface area contributed by atoms with Crippen molar-refractivity contribution in [1.82, 2.24) is 0 Å². The Kier molecular flexibility index (Phi) is 6.46. The normalized spacial score (nSPS) is 12.3. The Bertz CT molecular complexity index is 1060. The lowest BCUT2D eigenvalue weighted by Crippen LogP contribution is -2.16. The molecule has 3 aromatic carbocycles. The first kappa shape index (κ1) is 20.8. The van der Waals surface area contributed by atoms with Crippen LogP contribution in [0.1, 0.15) is 29.5 Å². The summed E-state index contributed by atoms with van der Waals surface area (Å²) >= 11 is 0. The van der Waals surface area contributed by atoms with Crippen molar-refractivity contribution in [3.63, 3.8) is 0 Å². The van der Waals surface area contributed by atoms with E-state index >= 15 is 0 Å². The minimum atomic E-state index is -0.884. The molecule has 0 aliphatic heterocycles. The van der Waals surface area contributed by atoms with Crippen LogP contribution in [0, 0.1) is 0 Å². The first-order valence-corrected chi connectivity index (χ1v) is 9.72. The Morgan fingerprint density at radius 3 is 1.97 bits per heavy atom. The van der Waals surface area contributed by atoms with Crippen molar-refractivity contribution < 1.29 is 19.8 Å². The quantitative estimate of drug-likeness (QED) is 0.412. The van der Waals surface area contributed by atoms with Gasteiger partial charge in [-0.2, -0.15) is 0 Å². The highest BCUT2D eigenvalue weighted by Gasteiger charge is 2.18. The highest BCUT2D eigenvalue weighted by molar-refractivity contribution is 6.07. The smallest absolute Gasteiger partial charge is 0.217 e. The second-order valence-corrected chi connectivity index (χ2v) is 7.32. The molecule has 0 radical (unpaired) electrons. The van der Waals surface area contributed by atoms with E-state index in [-0.39, 0.29) is 37.7 Å². The highest BCUT2D eigenvalue weighted by Crippen LogP contribution is 2.36. The number of primary amides is 2. The summed E-state index contributed by atoms with van der Waals surface area (Å²) in [5.74, 6) is -0.750. The molecule has 6 nitrogen and oxygen atoms in total. The van der Waals surface area contributed by atoms with E-state index in [0.717, 1.165) is 38.2 Å². The van der Waals surface area contributed by atoms with Crippen molar-refractivity contribution >= 4 is 33.4 Å². The number of aliphatic hydroxyl groups is 2. The molecule has 3 aromatic rings. The summed E-state index contributed by atoms with van der Waals surface area (Å²) in [6, 6.07) is 13.7. The Hall–Kier alpha value is -2.96. The summed E-state index contributed by atoms with van der Waals surface area (Å²) in [4.78, 5) is 22.9. The largest absolute Gasteiger partial charge is 0.394 e. The van der Waals surface area contributed by atoms with Gasteiger partial charge in [-0.05, 0) is 51.1 Å². The number of carbonyl (C=O) groups is 2. The standard InChI is InChI=1S/C23H26N2O4/c24-21(28)10-8-18-16-5-1-2-6-17(16)20(9-11-22(25)29)23-14(12-15(27)13-26)4-3-7-19(18)23/h1-7,15,26-27H,8-13H2,(H2,24,28)(H2,25,29). The Morgan fingerprint density at radius 1 is 0.828 bits per heavy atom. The van der Waals surface area contributed by atoms with Crippen LogP contribution in [0.25, 0.3) is 21.5 Å². The van der Waals surface area contributed by atoms with E-state index in [1.54, 1.807) is 0 Å². The molecule has 0 fully saturated rings. The minimum Gasteiger partial charge on any atom is -0.394 e. The van der Waals surface area contributed by atoms with Crippen LogP contribution < -0.4 is 11.5 Å². The van der Waals surface area contributed by atoms with Gasteiger partial charge in [0.15, 0.2) is 0 Å². The SMILES string of the molecule is NC(=O)CCc1c2ccccc2c(CCC(N)=O)c2c(CC(O)CO)cccc12. The summed E-state index contributed by atoms with van der Waals surface area (Å²) in [6.45, 7) is -0.338. The molecule has 29 heavy (non-hydrogen) atoms. The number of benzene rings is 3. The lowest BCUT2D eigenvalue weighted by Gasteiger charge is -2.20. The number of hydrogen-bond acceptors (Lipinski definition) is 4. The van der Waals surface area contributed by atoms with Gasteiger partial charge in [0.1, 0.15) is 0 Å². The molecular formula is C23H26N2O4. The van der Waals surface area contributed by atoms with Crippen molar-refractivity contribution in [2.75, 3.05) is 6.61 Å². The zero-order valence-corrected chi connectivity index (χ0v) is 16.2. The molecule has 0 heterocycles. The van der Waals surface area contributed by atoms with Crippen LogP contribution in [0.3, 0.4) is 0 Å². The van der Waals surface area contributed by atoms with Crippen molar-refractivity contribution in [3.8, 4) is 0 Å². The van der Waals surface area contributed by atoms with Gasteiger partial charge in [0.25, 0.3) is 0 Å². The fourth-order valence-corrected chi connectivity index (χ4v) is 4.01. The van der Waals surface area contributed by atoms with Gasteiger partial charge in [-0.25, -0.2) is 0 Å². The van der Waals surface area contributed by atoms with Gasteiger partial charge < -0.3 is 21.7 Å². The predicted octanol–water partition coefficient (Wildman–Crippen LogP) is 1.72. The Balaban J connectivity index is 2.34. The average molecular weight is 394 g/mol. The summed E-state index contributed by atoms with van der Waals surface area (Å²) in [5, 5.41) is 23.3. The number of rotatable bonds is 9. The molecule has 3 rings (SSSR count). The summed E-state index contributed by atoms with van der Waals surface area (Å²) in [7, 11) is 0. The number of aliphatic hydroxyl groups excluding tert-OH is 2. The van der Waals surface area contributed by atoms with Crippen LogP contribution in [-0.4, -0.2) is 34.7 Å². The molecule has 6 N–H and O–H groups in total. The van der Waals surface area contributed by atoms with Gasteiger partial charge in [-0.1, -0.05) is 42.5 Å². The number of amides is 2. The lowest BCUT2D eigenvalue weighted by molar-refractivity contribution is -0.118. The third-order valence-corrected chi connectivity index (χ3v) is 5.26. The van der Waals surface area contributed by atoms with E-state index in [4.69, 9.17) is 11.5 Å². The summed E-state index contributed by atoms with van der Waals surface area (Å²) < 4.78 is 0. The first-order chi connectivity index (χ1) is 13.9. The number of fused-ring (bicyclic) bond motifs is 2. The van der Waals surface area contributed by atoms with Gasteiger partial charge in [-0.3, -0.25) is 9.59 Å². The van der Waals surface area contributed by atoms with E-state index in [2.05, 4.69) is 0 Å². The van der Waals surface area contributed by atoms with Gasteiger partial charge in [-0.15, -0.1) is 0 Å². The maximum Gasteiger partial charge on any atom is 0.217 e. The number of nitrogens with two attached hydrogens (primary N) is 2. The fraction of sp³-hybridized carbons (Fsp3) is 0.304. The molecule has 2 amide bonds. The van der Waals surface area contributed by atoms with Gasteiger partial charge in [0.2, 0.25) is 11.8 Å². The lowest BCUT2D eigenvalue weighted by atomic mass is 9.85. The van der Waals surface area contributed by atoms with E-state index < -0.39 is 6.10 Å². The summed E-state index contributed by atoms with van der Waals surface area (Å²) in [5.41, 5.74) is 13.7. The topological polar surface area (TPSA) is 127 Å². The third kappa shape index (κ3) is 4.55. The molecule has 0 saturated carbocycles. The van der Waals surface area contributed by atoms with E-state index in [9.17, 15) is 19.8 Å². The number of hydrogen-bond donors (Lipinski definition) is 4. The molecule has 0 bridgehead atoms. The van der Waals surface area contributed by atoms with Crippen LogP contribution in [0.2, 0.25) is 0 Å². The molecule has 6 heteroatoms. The molecule has 152 valence electrons. The molecule has 0 aliphatic rings. The highest BCUT2D eigenvalue weighted by atomic mass is 16.3. The van der Waals surface area contributed by atoms with Gasteiger partial charge in [0, 0.05) is 19.3 Å². The fourth-order valence-electron chi connectivity index (χ4n) is 4.01. The van der Waals surface area contributed by atoms with Gasteiger partial charge in [0.05, 0.1) is 12.7 Å². The first-order valence-electron chi connectivity index (χ1n) is 9.72. The minimum absolute atomic E-state index is 0.205. The maximum absolute atomic E-state index is 11.5. The molecule has 0 aliphatic carbocycles. The van der Waals surface area contributed by atoms with Crippen LogP contribution in [0.5, 0.6) is 0 Å². The van der Waals surface area contributed by atoms with Crippen molar-refractivity contribution in [1.29, 1.82) is 0 Å². The molecule has 0 aromatic heterocycles. The second kappa shape index (κ2) is 9.03. The molecule has 1 atom stereocenters. The Morgan fingerprint density at radius 2 is 1.38 bits per heavy atom. The molecule has 0 spiro atoms. The van der Waals surface area contributed by atoms with Crippen molar-refractivity contribution in [3.05, 3.63) is 59.2 Å². The maximum atomic E-state index is 11.5. The average Bonchev–Trinajstić information content (AvgIpc) is 2.70. The van der Waals surface area contributed by atoms with E-state index in [1.807, 2.05) is 42.5 Å². The zero-order chi connectivity index (χ0) is 21.0. The van der Waals surface area contributed by atoms with E-state index in [0.29, 0.717) is 12.8 Å². The van der Waals surface area contributed by atoms with Crippen LogP contribution in [0.15, 0.2) is 42.5 Å².